The molecular weight excluding hydrogens is 411 g/mol. The lowest BCUT2D eigenvalue weighted by Gasteiger charge is -2.34. The Morgan fingerprint density at radius 2 is 2.03 bits per heavy atom. The summed E-state index contributed by atoms with van der Waals surface area (Å²) in [6.45, 7) is 5.67. The second-order valence-electron chi connectivity index (χ2n) is 7.02. The van der Waals surface area contributed by atoms with Gasteiger partial charge in [0.05, 0.1) is 18.9 Å². The Bertz CT molecular complexity index is 946. The Morgan fingerprint density at radius 3 is 2.73 bits per heavy atom. The maximum Gasteiger partial charge on any atom is 0.282 e. The fourth-order valence-electron chi connectivity index (χ4n) is 3.48. The largest absolute Gasteiger partial charge is 0.490 e. The van der Waals surface area contributed by atoms with Gasteiger partial charge in [0.2, 0.25) is 0 Å². The van der Waals surface area contributed by atoms with Gasteiger partial charge in [0, 0.05) is 45.3 Å². The zero-order valence-electron chi connectivity index (χ0n) is 17.6. The topological polar surface area (TPSA) is 76.9 Å². The van der Waals surface area contributed by atoms with E-state index in [1.165, 1.54) is 14.7 Å². The van der Waals surface area contributed by atoms with E-state index in [1.807, 2.05) is 27.0 Å². The summed E-state index contributed by atoms with van der Waals surface area (Å²) >= 11 is 0. The van der Waals surface area contributed by atoms with Crippen molar-refractivity contribution in [3.63, 3.8) is 0 Å². The number of para-hydroxylation sites is 1. The zero-order valence-corrected chi connectivity index (χ0v) is 18.4. The molecule has 10 heteroatoms. The minimum Gasteiger partial charge on any atom is -0.490 e. The number of benzene rings is 1. The number of aryl methyl sites for hydroxylation is 1. The maximum atomic E-state index is 13.7. The Kier molecular flexibility index (Phi) is 7.45. The molecule has 0 amide bonds. The molecule has 1 atom stereocenters. The lowest BCUT2D eigenvalue weighted by atomic mass is 10.2. The molecule has 0 spiro atoms. The zero-order chi connectivity index (χ0) is 21.7. The molecule has 0 aliphatic carbocycles. The van der Waals surface area contributed by atoms with E-state index in [4.69, 9.17) is 9.47 Å². The number of hydrogen-bond acceptors (Lipinski definition) is 5. The van der Waals surface area contributed by atoms with Crippen LogP contribution in [0.2, 0.25) is 0 Å². The van der Waals surface area contributed by atoms with E-state index in [0.29, 0.717) is 45.0 Å². The second kappa shape index (κ2) is 9.86. The number of hydrogen-bond donors (Lipinski definition) is 0. The Hall–Kier alpha value is -2.01. The van der Waals surface area contributed by atoms with Crippen LogP contribution in [-0.2, 0) is 28.4 Å². The van der Waals surface area contributed by atoms with E-state index in [-0.39, 0.29) is 12.3 Å². The van der Waals surface area contributed by atoms with Crippen LogP contribution in [0.15, 0.2) is 30.3 Å². The molecule has 30 heavy (non-hydrogen) atoms. The van der Waals surface area contributed by atoms with Crippen LogP contribution in [0.3, 0.4) is 0 Å². The van der Waals surface area contributed by atoms with E-state index in [2.05, 4.69) is 5.10 Å². The van der Waals surface area contributed by atoms with Gasteiger partial charge in [-0.2, -0.15) is 22.1 Å². The highest BCUT2D eigenvalue weighted by Gasteiger charge is 2.34. The highest BCUT2D eigenvalue weighted by molar-refractivity contribution is 7.86. The molecule has 0 bridgehead atoms. The van der Waals surface area contributed by atoms with Crippen molar-refractivity contribution < 1.29 is 22.3 Å². The average molecular weight is 441 g/mol. The fourth-order valence-corrected chi connectivity index (χ4v) is 5.08. The first kappa shape index (κ1) is 22.7. The Morgan fingerprint density at radius 1 is 1.30 bits per heavy atom. The van der Waals surface area contributed by atoms with Crippen LogP contribution < -0.4 is 4.74 Å². The van der Waals surface area contributed by atoms with Crippen molar-refractivity contribution in [3.05, 3.63) is 47.5 Å². The minimum absolute atomic E-state index is 0.216. The smallest absolute Gasteiger partial charge is 0.282 e. The van der Waals surface area contributed by atoms with Crippen molar-refractivity contribution in [2.75, 3.05) is 39.4 Å². The van der Waals surface area contributed by atoms with Crippen LogP contribution in [0.5, 0.6) is 5.75 Å². The molecule has 2 aromatic rings. The van der Waals surface area contributed by atoms with Gasteiger partial charge in [-0.1, -0.05) is 26.0 Å². The normalized spacial score (nSPS) is 18.1. The molecule has 1 fully saturated rings. The van der Waals surface area contributed by atoms with E-state index < -0.39 is 22.1 Å². The van der Waals surface area contributed by atoms with Crippen LogP contribution in [0.1, 0.15) is 31.3 Å². The van der Waals surface area contributed by atoms with Crippen molar-refractivity contribution in [1.82, 2.24) is 18.4 Å². The fraction of sp³-hybridized carbons (Fsp3) is 0.550. The monoisotopic (exact) mass is 440 g/mol. The van der Waals surface area contributed by atoms with Crippen molar-refractivity contribution in [2.24, 2.45) is 7.05 Å². The lowest BCUT2D eigenvalue weighted by Crippen LogP contribution is -2.49. The molecule has 3 rings (SSSR count). The number of ether oxygens (including phenoxy) is 2. The molecule has 1 aliphatic heterocycles. The summed E-state index contributed by atoms with van der Waals surface area (Å²) in [5.74, 6) is -0.180. The van der Waals surface area contributed by atoms with Gasteiger partial charge in [-0.15, -0.1) is 0 Å². The summed E-state index contributed by atoms with van der Waals surface area (Å²) in [6, 6.07) is 8.17. The van der Waals surface area contributed by atoms with E-state index in [9.17, 15) is 12.8 Å². The number of morpholine rings is 1. The summed E-state index contributed by atoms with van der Waals surface area (Å²) in [7, 11) is -1.71. The van der Waals surface area contributed by atoms with E-state index in [0.717, 1.165) is 5.69 Å². The molecule has 0 saturated carbocycles. The highest BCUT2D eigenvalue weighted by atomic mass is 32.2. The van der Waals surface area contributed by atoms with E-state index >= 15 is 0 Å². The first-order valence-electron chi connectivity index (χ1n) is 10.1. The summed E-state index contributed by atoms with van der Waals surface area (Å²) in [6.07, 6.45) is 0.1000. The molecule has 0 radical (unpaired) electrons. The summed E-state index contributed by atoms with van der Waals surface area (Å²) < 4.78 is 55.3. The third-order valence-electron chi connectivity index (χ3n) is 5.17. The quantitative estimate of drug-likeness (QED) is 0.597. The molecule has 0 N–H and O–H groups in total. The number of nitrogens with zero attached hydrogens (tertiary/aromatic N) is 4. The molecule has 1 aromatic carbocycles. The third-order valence-corrected chi connectivity index (χ3v) is 7.32. The first-order valence-corrected chi connectivity index (χ1v) is 11.5. The minimum atomic E-state index is -3.52. The standard InChI is InChI=1S/C20H29FN4O4S/c1-4-24(5-2)30(26,27)25-11-13-29-20(15-25)18-14-16(23(3)22-18)10-12-28-19-9-7-6-8-17(19)21/h6-9,14,20H,4-5,10-13,15H2,1-3H3/t20-/m0/s1. The van der Waals surface area contributed by atoms with Gasteiger partial charge in [-0.3, -0.25) is 4.68 Å². The molecule has 2 heterocycles. The van der Waals surface area contributed by atoms with Gasteiger partial charge in [0.1, 0.15) is 6.10 Å². The lowest BCUT2D eigenvalue weighted by molar-refractivity contribution is -0.00684. The summed E-state index contributed by atoms with van der Waals surface area (Å²) in [5.41, 5.74) is 1.58. The van der Waals surface area contributed by atoms with Gasteiger partial charge in [0.25, 0.3) is 10.2 Å². The van der Waals surface area contributed by atoms with Crippen molar-refractivity contribution in [3.8, 4) is 5.75 Å². The predicted octanol–water partition coefficient (Wildman–Crippen LogP) is 2.14. The third kappa shape index (κ3) is 5.00. The van der Waals surface area contributed by atoms with Crippen molar-refractivity contribution in [2.45, 2.75) is 26.4 Å². The first-order chi connectivity index (χ1) is 14.4. The average Bonchev–Trinajstić information content (AvgIpc) is 3.11. The molecule has 1 saturated heterocycles. The molecule has 8 nitrogen and oxygen atoms in total. The van der Waals surface area contributed by atoms with Crippen LogP contribution in [-0.4, -0.2) is 66.2 Å². The molecular formula is C20H29FN4O4S. The Balaban J connectivity index is 1.64. The van der Waals surface area contributed by atoms with Crippen LogP contribution in [0.4, 0.5) is 4.39 Å². The van der Waals surface area contributed by atoms with Crippen molar-refractivity contribution >= 4 is 10.2 Å². The molecule has 166 valence electrons. The maximum absolute atomic E-state index is 13.7. The second-order valence-corrected chi connectivity index (χ2v) is 8.95. The van der Waals surface area contributed by atoms with Gasteiger partial charge in [-0.05, 0) is 18.2 Å². The number of halogens is 1. The summed E-state index contributed by atoms with van der Waals surface area (Å²) in [5, 5.41) is 4.51. The van der Waals surface area contributed by atoms with Crippen LogP contribution >= 0.6 is 0 Å². The van der Waals surface area contributed by atoms with Gasteiger partial charge >= 0.3 is 0 Å². The van der Waals surface area contributed by atoms with Crippen LogP contribution in [0.25, 0.3) is 0 Å². The Labute approximate surface area is 177 Å². The molecule has 0 unspecified atom stereocenters. The highest BCUT2D eigenvalue weighted by Crippen LogP contribution is 2.25. The van der Waals surface area contributed by atoms with Gasteiger partial charge in [0.15, 0.2) is 11.6 Å². The van der Waals surface area contributed by atoms with Crippen LogP contribution in [0, 0.1) is 5.82 Å². The predicted molar refractivity (Wildman–Crippen MR) is 111 cm³/mol. The SMILES string of the molecule is CCN(CC)S(=O)(=O)N1CCO[C@H](c2cc(CCOc3ccccc3F)n(C)n2)C1. The van der Waals surface area contributed by atoms with Crippen molar-refractivity contribution in [1.29, 1.82) is 0 Å². The summed E-state index contributed by atoms with van der Waals surface area (Å²) in [4.78, 5) is 0. The van der Waals surface area contributed by atoms with Gasteiger partial charge < -0.3 is 9.47 Å². The molecule has 1 aliphatic rings. The number of aromatic nitrogens is 2. The van der Waals surface area contributed by atoms with Gasteiger partial charge in [-0.25, -0.2) is 4.39 Å². The molecule has 1 aromatic heterocycles. The van der Waals surface area contributed by atoms with E-state index in [1.54, 1.807) is 22.9 Å². The number of rotatable bonds is 9.